The van der Waals surface area contributed by atoms with Gasteiger partial charge in [-0.3, -0.25) is 0 Å². The highest BCUT2D eigenvalue weighted by atomic mass is 32.1. The lowest BCUT2D eigenvalue weighted by molar-refractivity contribution is 0.190. The number of nitrogens with one attached hydrogen (secondary N) is 1. The zero-order valence-electron chi connectivity index (χ0n) is 20.0. The van der Waals surface area contributed by atoms with E-state index >= 15 is 0 Å². The number of nitrogens with zero attached hydrogens (tertiary/aromatic N) is 1. The molecule has 0 aromatic heterocycles. The van der Waals surface area contributed by atoms with Crippen LogP contribution >= 0.6 is 12.2 Å². The summed E-state index contributed by atoms with van der Waals surface area (Å²) in [7, 11) is 4.96. The summed E-state index contributed by atoms with van der Waals surface area (Å²) in [5.74, 6) is 2.97. The van der Waals surface area contributed by atoms with E-state index in [0.717, 1.165) is 41.5 Å². The van der Waals surface area contributed by atoms with Gasteiger partial charge in [0.15, 0.2) is 16.6 Å². The van der Waals surface area contributed by atoms with E-state index < -0.39 is 0 Å². The van der Waals surface area contributed by atoms with Gasteiger partial charge in [-0.25, -0.2) is 0 Å². The second-order valence-corrected chi connectivity index (χ2v) is 8.53. The third-order valence-corrected chi connectivity index (χ3v) is 6.37. The Bertz CT molecular complexity index is 1130. The number of benzene rings is 3. The van der Waals surface area contributed by atoms with Crippen LogP contribution in [-0.2, 0) is 6.42 Å². The van der Waals surface area contributed by atoms with Crippen LogP contribution in [0.4, 0.5) is 5.69 Å². The number of fused-ring (bicyclic) bond motifs is 1. The Morgan fingerprint density at radius 2 is 1.56 bits per heavy atom. The summed E-state index contributed by atoms with van der Waals surface area (Å²) in [6.07, 6.45) is 0.838. The fourth-order valence-electron chi connectivity index (χ4n) is 4.13. The summed E-state index contributed by atoms with van der Waals surface area (Å²) in [4.78, 5) is 2.19. The van der Waals surface area contributed by atoms with E-state index in [2.05, 4.69) is 35.3 Å². The molecule has 0 spiro atoms. The molecule has 3 aromatic carbocycles. The van der Waals surface area contributed by atoms with Crippen LogP contribution in [0.3, 0.4) is 0 Å². The molecule has 1 aliphatic heterocycles. The van der Waals surface area contributed by atoms with Crippen LogP contribution in [0.5, 0.6) is 23.0 Å². The van der Waals surface area contributed by atoms with Crippen molar-refractivity contribution in [1.29, 1.82) is 0 Å². The minimum absolute atomic E-state index is 0.101. The highest BCUT2D eigenvalue weighted by Crippen LogP contribution is 2.38. The standard InChI is InChI=1S/C27H30N2O4S/c1-18-5-7-20(8-6-18)28-27(34)29-14-13-19-15-25(31-3)26(32-4)16-23(19)24(29)17-33-22-11-9-21(30-2)10-12-22/h5-12,15-16,24H,13-14,17H2,1-4H3,(H,28,34)/t24-/m0/s1. The van der Waals surface area contributed by atoms with Crippen molar-refractivity contribution in [3.8, 4) is 23.0 Å². The van der Waals surface area contributed by atoms with Crippen molar-refractivity contribution in [2.24, 2.45) is 0 Å². The van der Waals surface area contributed by atoms with Crippen molar-refractivity contribution in [2.75, 3.05) is 39.8 Å². The Morgan fingerprint density at radius 3 is 2.21 bits per heavy atom. The van der Waals surface area contributed by atoms with E-state index in [0.29, 0.717) is 17.5 Å². The van der Waals surface area contributed by atoms with Gasteiger partial charge in [-0.1, -0.05) is 17.7 Å². The number of methoxy groups -OCH3 is 3. The van der Waals surface area contributed by atoms with Crippen LogP contribution in [0.1, 0.15) is 22.7 Å². The fourth-order valence-corrected chi connectivity index (χ4v) is 4.47. The van der Waals surface area contributed by atoms with Crippen molar-refractivity contribution < 1.29 is 18.9 Å². The molecule has 7 heteroatoms. The maximum absolute atomic E-state index is 6.22. The van der Waals surface area contributed by atoms with Gasteiger partial charge in [0.25, 0.3) is 0 Å². The van der Waals surface area contributed by atoms with Gasteiger partial charge in [-0.05, 0) is 85.2 Å². The predicted molar refractivity (Wildman–Crippen MR) is 139 cm³/mol. The second kappa shape index (κ2) is 10.7. The predicted octanol–water partition coefficient (Wildman–Crippen LogP) is 5.40. The second-order valence-electron chi connectivity index (χ2n) is 8.15. The number of rotatable bonds is 7. The summed E-state index contributed by atoms with van der Waals surface area (Å²) in [6, 6.07) is 19.8. The molecule has 0 unspecified atom stereocenters. The van der Waals surface area contributed by atoms with Gasteiger partial charge in [0.1, 0.15) is 18.1 Å². The number of anilines is 1. The largest absolute Gasteiger partial charge is 0.497 e. The van der Waals surface area contributed by atoms with E-state index in [1.54, 1.807) is 21.3 Å². The zero-order valence-corrected chi connectivity index (χ0v) is 20.8. The quantitative estimate of drug-likeness (QED) is 0.457. The van der Waals surface area contributed by atoms with Crippen LogP contribution < -0.4 is 24.3 Å². The molecule has 0 fully saturated rings. The van der Waals surface area contributed by atoms with Gasteiger partial charge in [-0.2, -0.15) is 0 Å². The van der Waals surface area contributed by atoms with Gasteiger partial charge in [0.2, 0.25) is 0 Å². The molecule has 1 atom stereocenters. The van der Waals surface area contributed by atoms with E-state index in [4.69, 9.17) is 31.2 Å². The molecule has 3 aromatic rings. The Balaban J connectivity index is 1.62. The molecule has 1 aliphatic rings. The average Bonchev–Trinajstić information content (AvgIpc) is 2.87. The van der Waals surface area contributed by atoms with Gasteiger partial charge in [0, 0.05) is 12.2 Å². The van der Waals surface area contributed by atoms with Crippen molar-refractivity contribution in [1.82, 2.24) is 4.90 Å². The molecule has 6 nitrogen and oxygen atoms in total. The molecule has 0 aliphatic carbocycles. The first-order valence-electron chi connectivity index (χ1n) is 11.2. The lowest BCUT2D eigenvalue weighted by atomic mass is 9.92. The summed E-state index contributed by atoms with van der Waals surface area (Å²) in [6.45, 7) is 3.25. The summed E-state index contributed by atoms with van der Waals surface area (Å²) in [5.41, 5.74) is 4.49. The summed E-state index contributed by atoms with van der Waals surface area (Å²) < 4.78 is 22.6. The first-order valence-corrected chi connectivity index (χ1v) is 11.6. The van der Waals surface area contributed by atoms with E-state index in [-0.39, 0.29) is 6.04 Å². The topological polar surface area (TPSA) is 52.2 Å². The molecule has 1 heterocycles. The van der Waals surface area contributed by atoms with Crippen LogP contribution in [0, 0.1) is 6.92 Å². The minimum Gasteiger partial charge on any atom is -0.497 e. The van der Waals surface area contributed by atoms with Gasteiger partial charge < -0.3 is 29.2 Å². The smallest absolute Gasteiger partial charge is 0.174 e. The molecular formula is C27H30N2O4S. The van der Waals surface area contributed by atoms with Gasteiger partial charge in [-0.15, -0.1) is 0 Å². The molecule has 1 N–H and O–H groups in total. The SMILES string of the molecule is COc1ccc(OC[C@H]2c3cc(OC)c(OC)cc3CCN2C(=S)Nc2ccc(C)cc2)cc1. The lowest BCUT2D eigenvalue weighted by Crippen LogP contribution is -2.44. The molecule has 0 saturated carbocycles. The van der Waals surface area contributed by atoms with Crippen molar-refractivity contribution >= 4 is 23.0 Å². The lowest BCUT2D eigenvalue weighted by Gasteiger charge is -2.39. The van der Waals surface area contributed by atoms with Crippen LogP contribution in [0.25, 0.3) is 0 Å². The number of ether oxygens (including phenoxy) is 4. The van der Waals surface area contributed by atoms with Gasteiger partial charge in [0.05, 0.1) is 27.4 Å². The van der Waals surface area contributed by atoms with Crippen molar-refractivity contribution in [2.45, 2.75) is 19.4 Å². The maximum atomic E-state index is 6.22. The molecule has 0 radical (unpaired) electrons. The molecule has 178 valence electrons. The molecule has 34 heavy (non-hydrogen) atoms. The highest BCUT2D eigenvalue weighted by molar-refractivity contribution is 7.80. The third kappa shape index (κ3) is 5.20. The maximum Gasteiger partial charge on any atom is 0.174 e. The van der Waals surface area contributed by atoms with Crippen molar-refractivity contribution in [3.63, 3.8) is 0 Å². The normalized spacial score (nSPS) is 14.7. The van der Waals surface area contributed by atoms with Crippen molar-refractivity contribution in [3.05, 3.63) is 77.4 Å². The highest BCUT2D eigenvalue weighted by Gasteiger charge is 2.31. The third-order valence-electron chi connectivity index (χ3n) is 6.03. The Labute approximate surface area is 206 Å². The fraction of sp³-hybridized carbons (Fsp3) is 0.296. The number of thiocarbonyl (C=S) groups is 1. The molecule has 4 rings (SSSR count). The monoisotopic (exact) mass is 478 g/mol. The van der Waals surface area contributed by atoms with E-state index in [1.165, 1.54) is 11.1 Å². The van der Waals surface area contributed by atoms with Crippen LogP contribution in [0.2, 0.25) is 0 Å². The zero-order chi connectivity index (χ0) is 24.1. The Hall–Kier alpha value is -3.45. The number of aryl methyl sites for hydroxylation is 1. The van der Waals surface area contributed by atoms with Crippen LogP contribution in [-0.4, -0.2) is 44.5 Å². The average molecular weight is 479 g/mol. The molecular weight excluding hydrogens is 448 g/mol. The Kier molecular flexibility index (Phi) is 7.43. The minimum atomic E-state index is -0.101. The first-order chi connectivity index (χ1) is 16.5. The Morgan fingerprint density at radius 1 is 0.912 bits per heavy atom. The molecule has 0 amide bonds. The number of hydrogen-bond donors (Lipinski definition) is 1. The van der Waals surface area contributed by atoms with E-state index in [9.17, 15) is 0 Å². The van der Waals surface area contributed by atoms with Crippen LogP contribution in [0.15, 0.2) is 60.7 Å². The first kappa shape index (κ1) is 23.7. The number of hydrogen-bond acceptors (Lipinski definition) is 5. The van der Waals surface area contributed by atoms with Gasteiger partial charge >= 0.3 is 0 Å². The summed E-state index contributed by atoms with van der Waals surface area (Å²) in [5, 5.41) is 4.05. The van der Waals surface area contributed by atoms with E-state index in [1.807, 2.05) is 42.5 Å². The summed E-state index contributed by atoms with van der Waals surface area (Å²) >= 11 is 5.86. The molecule has 0 bridgehead atoms. The molecule has 0 saturated heterocycles.